The Morgan fingerprint density at radius 2 is 2.12 bits per heavy atom. The summed E-state index contributed by atoms with van der Waals surface area (Å²) >= 11 is 0. The van der Waals surface area contributed by atoms with Gasteiger partial charge in [0.25, 0.3) is 5.91 Å². The van der Waals surface area contributed by atoms with Gasteiger partial charge in [0, 0.05) is 24.6 Å². The van der Waals surface area contributed by atoms with E-state index >= 15 is 0 Å². The summed E-state index contributed by atoms with van der Waals surface area (Å²) in [6, 6.07) is 9.40. The molecule has 0 aliphatic heterocycles. The smallest absolute Gasteiger partial charge is 0.253 e. The molecule has 1 fully saturated rings. The lowest BCUT2D eigenvalue weighted by Crippen LogP contribution is -2.26. The third kappa shape index (κ3) is 3.57. The van der Waals surface area contributed by atoms with Gasteiger partial charge in [-0.3, -0.25) is 4.79 Å². The van der Waals surface area contributed by atoms with Crippen LogP contribution in [0.5, 0.6) is 0 Å². The van der Waals surface area contributed by atoms with E-state index in [2.05, 4.69) is 20.7 Å². The fourth-order valence-electron chi connectivity index (χ4n) is 2.69. The Kier molecular flexibility index (Phi) is 4.01. The number of rotatable bonds is 6. The molecule has 8 heteroatoms. The minimum Gasteiger partial charge on any atom is -0.361 e. The Labute approximate surface area is 144 Å². The van der Waals surface area contributed by atoms with E-state index in [-0.39, 0.29) is 5.91 Å². The van der Waals surface area contributed by atoms with Crippen LogP contribution in [0, 0.1) is 0 Å². The fraction of sp³-hybridized carbons (Fsp3) is 0.353. The van der Waals surface area contributed by atoms with Crippen LogP contribution in [0.3, 0.4) is 0 Å². The summed E-state index contributed by atoms with van der Waals surface area (Å²) in [5.41, 5.74) is 2.44. The van der Waals surface area contributed by atoms with E-state index < -0.39 is 0 Å². The standard InChI is InChI=1S/C17H18N6O2/c1-22(10-15-8-16(25-19-15)13-6-7-13)17(24)14-4-2-12(3-5-14)9-23-11-18-20-21-23/h2-5,8,11,13H,6-7,9-10H2,1H3. The van der Waals surface area contributed by atoms with Gasteiger partial charge in [0.05, 0.1) is 13.1 Å². The lowest BCUT2D eigenvalue weighted by molar-refractivity contribution is 0.0782. The highest BCUT2D eigenvalue weighted by Gasteiger charge is 2.28. The zero-order valence-electron chi connectivity index (χ0n) is 13.9. The quantitative estimate of drug-likeness (QED) is 0.681. The summed E-state index contributed by atoms with van der Waals surface area (Å²) in [6.07, 6.45) is 3.89. The summed E-state index contributed by atoms with van der Waals surface area (Å²) < 4.78 is 6.96. The Bertz CT molecular complexity index is 852. The minimum atomic E-state index is -0.0510. The van der Waals surface area contributed by atoms with Gasteiger partial charge in [0.2, 0.25) is 0 Å². The molecule has 1 aromatic carbocycles. The molecule has 2 heterocycles. The Hall–Kier alpha value is -3.03. The van der Waals surface area contributed by atoms with Crippen molar-refractivity contribution in [3.05, 3.63) is 59.2 Å². The molecule has 0 bridgehead atoms. The van der Waals surface area contributed by atoms with Crippen LogP contribution in [-0.2, 0) is 13.1 Å². The fourth-order valence-corrected chi connectivity index (χ4v) is 2.69. The number of hydrogen-bond acceptors (Lipinski definition) is 6. The third-order valence-corrected chi connectivity index (χ3v) is 4.24. The number of nitrogens with zero attached hydrogens (tertiary/aromatic N) is 6. The van der Waals surface area contributed by atoms with E-state index in [1.165, 1.54) is 12.8 Å². The Balaban J connectivity index is 1.38. The van der Waals surface area contributed by atoms with Crippen LogP contribution < -0.4 is 0 Å². The predicted octanol–water partition coefficient (Wildman–Crippen LogP) is 1.86. The second kappa shape index (κ2) is 6.46. The van der Waals surface area contributed by atoms with Crippen LogP contribution in [0.2, 0.25) is 0 Å². The zero-order valence-corrected chi connectivity index (χ0v) is 13.9. The molecule has 25 heavy (non-hydrogen) atoms. The molecule has 0 atom stereocenters. The van der Waals surface area contributed by atoms with Crippen LogP contribution in [0.25, 0.3) is 0 Å². The number of aromatic nitrogens is 5. The SMILES string of the molecule is CN(Cc1cc(C2CC2)on1)C(=O)c1ccc(Cn2cnnn2)cc1. The molecule has 2 aromatic heterocycles. The van der Waals surface area contributed by atoms with Crippen LogP contribution in [0.4, 0.5) is 0 Å². The first kappa shape index (κ1) is 15.5. The monoisotopic (exact) mass is 338 g/mol. The maximum absolute atomic E-state index is 12.6. The molecule has 1 aliphatic carbocycles. The maximum Gasteiger partial charge on any atom is 0.253 e. The number of tetrazole rings is 1. The largest absolute Gasteiger partial charge is 0.361 e. The molecule has 0 saturated heterocycles. The molecule has 8 nitrogen and oxygen atoms in total. The van der Waals surface area contributed by atoms with Crippen molar-refractivity contribution in [2.45, 2.75) is 31.8 Å². The van der Waals surface area contributed by atoms with Crippen molar-refractivity contribution in [3.63, 3.8) is 0 Å². The summed E-state index contributed by atoms with van der Waals surface area (Å²) in [5.74, 6) is 1.41. The second-order valence-corrected chi connectivity index (χ2v) is 6.36. The van der Waals surface area contributed by atoms with Crippen molar-refractivity contribution in [1.29, 1.82) is 0 Å². The van der Waals surface area contributed by atoms with E-state index in [9.17, 15) is 4.79 Å². The van der Waals surface area contributed by atoms with Crippen molar-refractivity contribution < 1.29 is 9.32 Å². The van der Waals surface area contributed by atoms with Gasteiger partial charge in [-0.2, -0.15) is 0 Å². The number of amides is 1. The predicted molar refractivity (Wildman–Crippen MR) is 87.6 cm³/mol. The van der Waals surface area contributed by atoms with Gasteiger partial charge in [-0.05, 0) is 41.0 Å². The molecule has 1 saturated carbocycles. The molecule has 4 rings (SSSR count). The van der Waals surface area contributed by atoms with E-state index in [1.807, 2.05) is 30.3 Å². The highest BCUT2D eigenvalue weighted by molar-refractivity contribution is 5.94. The number of carbonyl (C=O) groups is 1. The summed E-state index contributed by atoms with van der Waals surface area (Å²) in [6.45, 7) is 1.00. The molecular weight excluding hydrogens is 320 g/mol. The van der Waals surface area contributed by atoms with E-state index in [0.717, 1.165) is 17.0 Å². The molecule has 0 spiro atoms. The second-order valence-electron chi connectivity index (χ2n) is 6.36. The van der Waals surface area contributed by atoms with Crippen LogP contribution >= 0.6 is 0 Å². The van der Waals surface area contributed by atoms with Crippen molar-refractivity contribution >= 4 is 5.91 Å². The summed E-state index contributed by atoms with van der Waals surface area (Å²) in [4.78, 5) is 14.2. The molecule has 1 amide bonds. The average Bonchev–Trinajstić information content (AvgIpc) is 3.15. The molecule has 128 valence electrons. The van der Waals surface area contributed by atoms with Gasteiger partial charge in [-0.1, -0.05) is 17.3 Å². The highest BCUT2D eigenvalue weighted by Crippen LogP contribution is 2.40. The number of benzene rings is 1. The van der Waals surface area contributed by atoms with E-state index in [1.54, 1.807) is 23.0 Å². The first-order valence-electron chi connectivity index (χ1n) is 8.20. The van der Waals surface area contributed by atoms with E-state index in [4.69, 9.17) is 4.52 Å². The summed E-state index contributed by atoms with van der Waals surface area (Å²) in [5, 5.41) is 15.1. The van der Waals surface area contributed by atoms with Gasteiger partial charge < -0.3 is 9.42 Å². The molecule has 0 N–H and O–H groups in total. The lowest BCUT2D eigenvalue weighted by atomic mass is 10.1. The molecule has 0 radical (unpaired) electrons. The Morgan fingerprint density at radius 3 is 2.80 bits per heavy atom. The van der Waals surface area contributed by atoms with Gasteiger partial charge in [-0.15, -0.1) is 5.10 Å². The molecular formula is C17H18N6O2. The van der Waals surface area contributed by atoms with Crippen LogP contribution in [-0.4, -0.2) is 43.2 Å². The van der Waals surface area contributed by atoms with Crippen molar-refractivity contribution in [2.75, 3.05) is 7.05 Å². The Morgan fingerprint density at radius 1 is 1.32 bits per heavy atom. The van der Waals surface area contributed by atoms with Crippen molar-refractivity contribution in [1.82, 2.24) is 30.3 Å². The van der Waals surface area contributed by atoms with Crippen molar-refractivity contribution in [2.24, 2.45) is 0 Å². The summed E-state index contributed by atoms with van der Waals surface area (Å²) in [7, 11) is 1.77. The van der Waals surface area contributed by atoms with Gasteiger partial charge in [0.1, 0.15) is 17.8 Å². The van der Waals surface area contributed by atoms with Crippen LogP contribution in [0.15, 0.2) is 41.2 Å². The number of hydrogen-bond donors (Lipinski definition) is 0. The topological polar surface area (TPSA) is 89.9 Å². The van der Waals surface area contributed by atoms with E-state index in [0.29, 0.717) is 24.6 Å². The van der Waals surface area contributed by atoms with Crippen LogP contribution in [0.1, 0.15) is 46.1 Å². The lowest BCUT2D eigenvalue weighted by Gasteiger charge is -2.15. The molecule has 0 unspecified atom stereocenters. The molecule has 3 aromatic rings. The van der Waals surface area contributed by atoms with Crippen molar-refractivity contribution in [3.8, 4) is 0 Å². The van der Waals surface area contributed by atoms with Gasteiger partial charge in [-0.25, -0.2) is 4.68 Å². The zero-order chi connectivity index (χ0) is 17.2. The third-order valence-electron chi connectivity index (χ3n) is 4.24. The minimum absolute atomic E-state index is 0.0510. The first-order valence-corrected chi connectivity index (χ1v) is 8.20. The van der Waals surface area contributed by atoms with Gasteiger partial charge >= 0.3 is 0 Å². The maximum atomic E-state index is 12.6. The van der Waals surface area contributed by atoms with Gasteiger partial charge in [0.15, 0.2) is 0 Å². The normalized spacial score (nSPS) is 13.8. The molecule has 1 aliphatic rings. The highest BCUT2D eigenvalue weighted by atomic mass is 16.5. The average molecular weight is 338 g/mol. The number of carbonyl (C=O) groups excluding carboxylic acids is 1. The first-order chi connectivity index (χ1) is 12.2.